The molecule has 0 aliphatic heterocycles. The van der Waals surface area contributed by atoms with Gasteiger partial charge < -0.3 is 19.7 Å². The van der Waals surface area contributed by atoms with Crippen LogP contribution in [0, 0.1) is 0 Å². The van der Waals surface area contributed by atoms with E-state index in [0.29, 0.717) is 12.8 Å². The summed E-state index contributed by atoms with van der Waals surface area (Å²) in [4.78, 5) is 30.9. The third-order valence-corrected chi connectivity index (χ3v) is 3.03. The number of hydrogen-bond donors (Lipinski definition) is 2. The fourth-order valence-electron chi connectivity index (χ4n) is 1.04. The van der Waals surface area contributed by atoms with Crippen LogP contribution in [0.25, 0.3) is 0 Å². The molecule has 0 bridgehead atoms. The first-order chi connectivity index (χ1) is 8.35. The Bertz CT molecular complexity index is 313. The van der Waals surface area contributed by atoms with Crippen LogP contribution in [0.3, 0.4) is 0 Å². The van der Waals surface area contributed by atoms with Crippen LogP contribution in [-0.4, -0.2) is 43.1 Å². The zero-order chi connectivity index (χ0) is 14.0. The minimum Gasteiger partial charge on any atom is -0.428 e. The Hall–Kier alpha value is -1.07. The minimum atomic E-state index is -3.03. The van der Waals surface area contributed by atoms with Crippen molar-refractivity contribution >= 4 is 19.4 Å². The number of ether oxygens (including phenoxy) is 2. The number of esters is 1. The summed E-state index contributed by atoms with van der Waals surface area (Å²) in [6.07, 6.45) is 0.757. The zero-order valence-electron chi connectivity index (χ0n) is 10.7. The summed E-state index contributed by atoms with van der Waals surface area (Å²) in [5, 5.41) is 2.38. The molecule has 0 aliphatic rings. The molecule has 8 heteroatoms. The van der Waals surface area contributed by atoms with Crippen molar-refractivity contribution < 1.29 is 28.5 Å². The minimum absolute atomic E-state index is 0.138. The van der Waals surface area contributed by atoms with Gasteiger partial charge in [-0.25, -0.2) is 4.79 Å². The van der Waals surface area contributed by atoms with Gasteiger partial charge in [-0.15, -0.1) is 0 Å². The van der Waals surface area contributed by atoms with Crippen LogP contribution in [0.2, 0.25) is 0 Å². The molecule has 1 unspecified atom stereocenters. The fraction of sp³-hybridized carbons (Fsp3) is 0.800. The molecule has 106 valence electrons. The number of carbonyl (C=O) groups is 2. The first-order valence-electron chi connectivity index (χ1n) is 5.70. The molecule has 1 atom stereocenters. The molecular formula is C10H20NO6P. The summed E-state index contributed by atoms with van der Waals surface area (Å²) >= 11 is 0. The van der Waals surface area contributed by atoms with Crippen molar-refractivity contribution in [3.63, 3.8) is 0 Å². The average Bonchev–Trinajstić information content (AvgIpc) is 2.23. The molecule has 0 rings (SSSR count). The van der Waals surface area contributed by atoms with Gasteiger partial charge in [0, 0.05) is 25.8 Å². The van der Waals surface area contributed by atoms with E-state index in [9.17, 15) is 14.2 Å². The normalized spacial score (nSPS) is 13.5. The summed E-state index contributed by atoms with van der Waals surface area (Å²) in [6.45, 7) is 2.91. The first kappa shape index (κ1) is 16.9. The summed E-state index contributed by atoms with van der Waals surface area (Å²) in [5.41, 5.74) is 0. The molecule has 0 aromatic rings. The van der Waals surface area contributed by atoms with E-state index in [4.69, 9.17) is 4.89 Å². The Labute approximate surface area is 106 Å². The van der Waals surface area contributed by atoms with Crippen molar-refractivity contribution in [3.8, 4) is 0 Å². The van der Waals surface area contributed by atoms with Crippen LogP contribution in [0.1, 0.15) is 26.2 Å². The van der Waals surface area contributed by atoms with Gasteiger partial charge in [-0.1, -0.05) is 6.92 Å². The van der Waals surface area contributed by atoms with Crippen molar-refractivity contribution in [1.82, 2.24) is 5.32 Å². The molecular weight excluding hydrogens is 261 g/mol. The van der Waals surface area contributed by atoms with Gasteiger partial charge in [0.25, 0.3) is 0 Å². The van der Waals surface area contributed by atoms with Gasteiger partial charge in [0.05, 0.1) is 0 Å². The topological polar surface area (TPSA) is 102 Å². The maximum atomic E-state index is 11.1. The molecule has 0 aromatic carbocycles. The smallest absolute Gasteiger partial charge is 0.410 e. The van der Waals surface area contributed by atoms with Crippen LogP contribution in [0.4, 0.5) is 4.79 Å². The van der Waals surface area contributed by atoms with Crippen molar-refractivity contribution in [2.45, 2.75) is 26.2 Å². The van der Waals surface area contributed by atoms with Gasteiger partial charge in [-0.3, -0.25) is 9.36 Å². The third kappa shape index (κ3) is 11.4. The number of nitrogens with one attached hydrogen (secondary N) is 1. The highest BCUT2D eigenvalue weighted by Gasteiger charge is 2.09. The van der Waals surface area contributed by atoms with Gasteiger partial charge in [0.2, 0.25) is 6.79 Å². The van der Waals surface area contributed by atoms with E-state index < -0.39 is 26.2 Å². The third-order valence-electron chi connectivity index (χ3n) is 1.88. The molecule has 0 aromatic heterocycles. The highest BCUT2D eigenvalue weighted by atomic mass is 31.2. The van der Waals surface area contributed by atoms with Gasteiger partial charge in [0.1, 0.15) is 0 Å². The Morgan fingerprint density at radius 3 is 2.56 bits per heavy atom. The molecule has 0 heterocycles. The van der Waals surface area contributed by atoms with Crippen molar-refractivity contribution in [2.24, 2.45) is 0 Å². The monoisotopic (exact) mass is 281 g/mol. The molecule has 1 amide bonds. The maximum Gasteiger partial charge on any atom is 0.410 e. The van der Waals surface area contributed by atoms with Crippen LogP contribution in [0.5, 0.6) is 0 Å². The number of alkyl carbamates (subject to hydrolysis) is 1. The average molecular weight is 281 g/mol. The lowest BCUT2D eigenvalue weighted by atomic mass is 10.3. The van der Waals surface area contributed by atoms with E-state index in [0.717, 1.165) is 0 Å². The highest BCUT2D eigenvalue weighted by molar-refractivity contribution is 7.57. The van der Waals surface area contributed by atoms with Crippen LogP contribution < -0.4 is 5.32 Å². The summed E-state index contributed by atoms with van der Waals surface area (Å²) in [5.74, 6) is -0.419. The summed E-state index contributed by atoms with van der Waals surface area (Å²) < 4.78 is 20.1. The van der Waals surface area contributed by atoms with Crippen molar-refractivity contribution in [3.05, 3.63) is 0 Å². The highest BCUT2D eigenvalue weighted by Crippen LogP contribution is 2.35. The van der Waals surface area contributed by atoms with Crippen LogP contribution >= 0.6 is 7.37 Å². The Morgan fingerprint density at radius 1 is 1.33 bits per heavy atom. The second-order valence-corrected chi connectivity index (χ2v) is 6.42. The van der Waals surface area contributed by atoms with E-state index in [1.807, 2.05) is 6.92 Å². The van der Waals surface area contributed by atoms with E-state index in [1.165, 1.54) is 6.66 Å². The Morgan fingerprint density at radius 2 is 2.00 bits per heavy atom. The van der Waals surface area contributed by atoms with E-state index >= 15 is 0 Å². The number of carbonyl (C=O) groups excluding carboxylic acids is 2. The number of amides is 1. The predicted molar refractivity (Wildman–Crippen MR) is 65.6 cm³/mol. The molecule has 0 saturated heterocycles. The Kier molecular flexibility index (Phi) is 8.41. The quantitative estimate of drug-likeness (QED) is 0.301. The molecule has 7 nitrogen and oxygen atoms in total. The first-order valence-corrected chi connectivity index (χ1v) is 8.00. The summed E-state index contributed by atoms with van der Waals surface area (Å²) in [6, 6.07) is 0. The lowest BCUT2D eigenvalue weighted by Crippen LogP contribution is -2.27. The second-order valence-electron chi connectivity index (χ2n) is 3.87. The van der Waals surface area contributed by atoms with E-state index in [-0.39, 0.29) is 19.1 Å². The Balaban J connectivity index is 3.49. The van der Waals surface area contributed by atoms with Crippen LogP contribution in [-0.2, 0) is 18.8 Å². The van der Waals surface area contributed by atoms with Crippen molar-refractivity contribution in [2.75, 3.05) is 26.2 Å². The standard InChI is InChI=1S/C10H20NO6P/c1-3-5-9(12)16-8-17-10(13)11-6-4-7-18(2,14)15/h3-8H2,1-2H3,(H,11,13)(H,14,15). The molecule has 18 heavy (non-hydrogen) atoms. The van der Waals surface area contributed by atoms with Gasteiger partial charge in [-0.05, 0) is 12.8 Å². The molecule has 0 saturated carbocycles. The fourth-order valence-corrected chi connectivity index (χ4v) is 1.78. The zero-order valence-corrected chi connectivity index (χ0v) is 11.6. The molecule has 0 fully saturated rings. The lowest BCUT2D eigenvalue weighted by Gasteiger charge is -2.08. The maximum absolute atomic E-state index is 11.1. The predicted octanol–water partition coefficient (Wildman–Crippen LogP) is 1.30. The molecule has 0 radical (unpaired) electrons. The van der Waals surface area contributed by atoms with Crippen molar-refractivity contribution in [1.29, 1.82) is 0 Å². The molecule has 0 aliphatic carbocycles. The van der Waals surface area contributed by atoms with Crippen LogP contribution in [0.15, 0.2) is 0 Å². The van der Waals surface area contributed by atoms with E-state index in [2.05, 4.69) is 14.8 Å². The molecule has 2 N–H and O–H groups in total. The molecule has 0 spiro atoms. The largest absolute Gasteiger partial charge is 0.428 e. The number of hydrogen-bond acceptors (Lipinski definition) is 5. The second kappa shape index (κ2) is 8.94. The number of rotatable bonds is 8. The van der Waals surface area contributed by atoms with Gasteiger partial charge >= 0.3 is 12.1 Å². The lowest BCUT2D eigenvalue weighted by molar-refractivity contribution is -0.151. The van der Waals surface area contributed by atoms with Gasteiger partial charge in [-0.2, -0.15) is 0 Å². The SMILES string of the molecule is CCCC(=O)OCOC(=O)NCCCP(C)(=O)O. The van der Waals surface area contributed by atoms with Gasteiger partial charge in [0.15, 0.2) is 7.37 Å². The van der Waals surface area contributed by atoms with E-state index in [1.54, 1.807) is 0 Å². The summed E-state index contributed by atoms with van der Waals surface area (Å²) in [7, 11) is -3.03.